The third-order valence-electron chi connectivity index (χ3n) is 7.35. The molecule has 0 saturated heterocycles. The van der Waals surface area contributed by atoms with Crippen molar-refractivity contribution in [3.05, 3.63) is 101 Å². The molecule has 0 radical (unpaired) electrons. The Bertz CT molecular complexity index is 1460. The van der Waals surface area contributed by atoms with Crippen LogP contribution in [0.4, 0.5) is 5.69 Å². The van der Waals surface area contributed by atoms with Gasteiger partial charge in [-0.25, -0.2) is 9.78 Å². The van der Waals surface area contributed by atoms with E-state index in [1.54, 1.807) is 24.3 Å². The van der Waals surface area contributed by atoms with E-state index in [4.69, 9.17) is 10.5 Å². The molecule has 0 unspecified atom stereocenters. The molecule has 1 aliphatic heterocycles. The third kappa shape index (κ3) is 6.71. The van der Waals surface area contributed by atoms with Crippen molar-refractivity contribution < 1.29 is 23.1 Å². The normalized spacial score (nSPS) is 18.3. The second kappa shape index (κ2) is 12.7. The van der Waals surface area contributed by atoms with Gasteiger partial charge in [-0.15, -0.1) is 0 Å². The van der Waals surface area contributed by atoms with E-state index in [1.165, 1.54) is 12.3 Å². The van der Waals surface area contributed by atoms with Crippen molar-refractivity contribution >= 4 is 21.7 Å². The van der Waals surface area contributed by atoms with Crippen LogP contribution in [0.3, 0.4) is 0 Å². The molecule has 2 heterocycles. The number of aromatic nitrogens is 1. The number of carbonyl (C=O) groups is 1. The van der Waals surface area contributed by atoms with Crippen LogP contribution < -0.4 is 10.5 Å². The Kier molecular flexibility index (Phi) is 9.27. The molecule has 3 aromatic rings. The summed E-state index contributed by atoms with van der Waals surface area (Å²) in [6, 6.07) is 19.9. The lowest BCUT2D eigenvalue weighted by Gasteiger charge is -2.38. The van der Waals surface area contributed by atoms with Crippen molar-refractivity contribution in [2.75, 3.05) is 4.72 Å². The zero-order chi connectivity index (χ0) is 28.8. The first-order valence-electron chi connectivity index (χ1n) is 13.7. The van der Waals surface area contributed by atoms with E-state index in [0.717, 1.165) is 24.0 Å². The summed E-state index contributed by atoms with van der Waals surface area (Å²) in [4.78, 5) is 17.5. The van der Waals surface area contributed by atoms with Crippen LogP contribution in [0.5, 0.6) is 0 Å². The fourth-order valence-electron chi connectivity index (χ4n) is 5.35. The number of hydrogen-bond acceptors (Lipinski definition) is 7. The number of nitrogens with zero attached hydrogens (tertiary/aromatic N) is 1. The molecule has 1 aliphatic rings. The lowest BCUT2D eigenvalue weighted by Crippen LogP contribution is -2.41. The maximum atomic E-state index is 13.5. The molecular formula is C31H37N3O5S. The number of esters is 1. The molecular weight excluding hydrogens is 526 g/mol. The van der Waals surface area contributed by atoms with E-state index in [2.05, 4.69) is 9.71 Å². The number of aliphatic hydroxyl groups is 1. The van der Waals surface area contributed by atoms with Crippen molar-refractivity contribution in [1.82, 2.24) is 4.98 Å². The highest BCUT2D eigenvalue weighted by atomic mass is 32.2. The summed E-state index contributed by atoms with van der Waals surface area (Å²) in [5.74, 6) is -0.945. The third-order valence-corrected chi connectivity index (χ3v) is 8.65. The summed E-state index contributed by atoms with van der Waals surface area (Å²) < 4.78 is 34.5. The molecule has 4 rings (SSSR count). The lowest BCUT2D eigenvalue weighted by atomic mass is 9.80. The van der Waals surface area contributed by atoms with Gasteiger partial charge in [-0.2, -0.15) is 8.42 Å². The molecule has 2 atom stereocenters. The lowest BCUT2D eigenvalue weighted by molar-refractivity contribution is -0.161. The molecule has 8 nitrogen and oxygen atoms in total. The minimum atomic E-state index is -3.94. The maximum absolute atomic E-state index is 13.5. The number of hydrogen-bond donors (Lipinski definition) is 3. The van der Waals surface area contributed by atoms with Crippen LogP contribution in [0.15, 0.2) is 89.3 Å². The number of aryl methyl sites for hydroxylation is 1. The average molecular weight is 564 g/mol. The SMILES string of the molecule is CCC[C@@]1(CCc2ccccc2)CC(O)=C([C@H](CC)c2cccc(NS(=O)(=O)c3ccc(CN)cn3)c2)C(=O)O1. The highest BCUT2D eigenvalue weighted by Crippen LogP contribution is 2.42. The van der Waals surface area contributed by atoms with Gasteiger partial charge < -0.3 is 15.6 Å². The van der Waals surface area contributed by atoms with Crippen LogP contribution in [0, 0.1) is 0 Å². The summed E-state index contributed by atoms with van der Waals surface area (Å²) in [6.07, 6.45) is 5.01. The summed E-state index contributed by atoms with van der Waals surface area (Å²) in [5, 5.41) is 11.1. The van der Waals surface area contributed by atoms with Crippen molar-refractivity contribution in [2.45, 2.75) is 75.5 Å². The van der Waals surface area contributed by atoms with E-state index < -0.39 is 27.5 Å². The molecule has 4 N–H and O–H groups in total. The van der Waals surface area contributed by atoms with Gasteiger partial charge in [-0.1, -0.05) is 68.8 Å². The number of anilines is 1. The van der Waals surface area contributed by atoms with Crippen LogP contribution in [-0.2, 0) is 32.5 Å². The first-order chi connectivity index (χ1) is 19.2. The van der Waals surface area contributed by atoms with Crippen LogP contribution in [0.2, 0.25) is 0 Å². The number of rotatable bonds is 12. The summed E-state index contributed by atoms with van der Waals surface area (Å²) in [5.41, 5.74) is 7.94. The molecule has 2 aromatic carbocycles. The molecule has 0 aliphatic carbocycles. The molecule has 9 heteroatoms. The van der Waals surface area contributed by atoms with Gasteiger partial charge in [0, 0.05) is 30.8 Å². The Hall–Kier alpha value is -3.69. The first-order valence-corrected chi connectivity index (χ1v) is 15.2. The van der Waals surface area contributed by atoms with Crippen molar-refractivity contribution in [3.63, 3.8) is 0 Å². The van der Waals surface area contributed by atoms with Gasteiger partial charge in [-0.05, 0) is 60.6 Å². The van der Waals surface area contributed by atoms with Gasteiger partial charge in [0.2, 0.25) is 0 Å². The number of aliphatic hydroxyl groups excluding tert-OH is 1. The molecule has 0 bridgehead atoms. The minimum Gasteiger partial charge on any atom is -0.512 e. The predicted octanol–water partition coefficient (Wildman–Crippen LogP) is 5.77. The number of sulfonamides is 1. The van der Waals surface area contributed by atoms with Crippen LogP contribution in [0.1, 0.15) is 68.6 Å². The fraction of sp³-hybridized carbons (Fsp3) is 0.355. The van der Waals surface area contributed by atoms with Gasteiger partial charge >= 0.3 is 5.97 Å². The molecule has 0 spiro atoms. The Morgan fingerprint density at radius 2 is 1.82 bits per heavy atom. The zero-order valence-corrected chi connectivity index (χ0v) is 23.8. The smallest absolute Gasteiger partial charge is 0.338 e. The topological polar surface area (TPSA) is 132 Å². The fourth-order valence-corrected chi connectivity index (χ4v) is 6.33. The Labute approximate surface area is 236 Å². The molecule has 0 saturated carbocycles. The maximum Gasteiger partial charge on any atom is 0.338 e. The largest absolute Gasteiger partial charge is 0.512 e. The quantitative estimate of drug-likeness (QED) is 0.239. The number of ether oxygens (including phenoxy) is 1. The standard InChI is InChI=1S/C31H37N3O5S/c1-3-16-31(17-15-22-9-6-5-7-10-22)19-27(35)29(30(36)39-31)26(4-2)24-11-8-12-25(18-24)34-40(37,38)28-14-13-23(20-32)21-33-28/h5-14,18,21,26,34-35H,3-4,15-17,19-20,32H2,1-2H3/t26-,31-/m1/s1. The van der Waals surface area contributed by atoms with Crippen molar-refractivity contribution in [1.29, 1.82) is 0 Å². The number of benzene rings is 2. The van der Waals surface area contributed by atoms with E-state index in [1.807, 2.05) is 50.2 Å². The van der Waals surface area contributed by atoms with Gasteiger partial charge in [0.05, 0.1) is 5.57 Å². The van der Waals surface area contributed by atoms with Gasteiger partial charge in [0.25, 0.3) is 10.0 Å². The summed E-state index contributed by atoms with van der Waals surface area (Å²) in [7, 11) is -3.94. The number of pyridine rings is 1. The van der Waals surface area contributed by atoms with E-state index in [9.17, 15) is 18.3 Å². The van der Waals surface area contributed by atoms with Crippen LogP contribution in [0.25, 0.3) is 0 Å². The van der Waals surface area contributed by atoms with Gasteiger partial charge in [0.15, 0.2) is 5.03 Å². The Balaban J connectivity index is 1.57. The van der Waals surface area contributed by atoms with Crippen molar-refractivity contribution in [2.24, 2.45) is 5.73 Å². The van der Waals surface area contributed by atoms with E-state index in [-0.39, 0.29) is 29.3 Å². The zero-order valence-electron chi connectivity index (χ0n) is 23.0. The van der Waals surface area contributed by atoms with E-state index >= 15 is 0 Å². The van der Waals surface area contributed by atoms with Gasteiger partial charge in [0.1, 0.15) is 11.4 Å². The first kappa shape index (κ1) is 29.3. The number of cyclic esters (lactones) is 1. The highest BCUT2D eigenvalue weighted by molar-refractivity contribution is 7.92. The number of carbonyl (C=O) groups excluding carboxylic acids is 1. The molecule has 0 fully saturated rings. The molecule has 1 aromatic heterocycles. The number of nitrogens with two attached hydrogens (primary N) is 1. The molecule has 0 amide bonds. The Morgan fingerprint density at radius 1 is 1.05 bits per heavy atom. The molecule has 40 heavy (non-hydrogen) atoms. The predicted molar refractivity (Wildman–Crippen MR) is 155 cm³/mol. The van der Waals surface area contributed by atoms with Crippen LogP contribution in [-0.4, -0.2) is 30.1 Å². The van der Waals surface area contributed by atoms with Crippen molar-refractivity contribution in [3.8, 4) is 0 Å². The summed E-state index contributed by atoms with van der Waals surface area (Å²) in [6.45, 7) is 4.22. The minimum absolute atomic E-state index is 0.0415. The van der Waals surface area contributed by atoms with Gasteiger partial charge in [-0.3, -0.25) is 4.72 Å². The average Bonchev–Trinajstić information content (AvgIpc) is 2.94. The van der Waals surface area contributed by atoms with Crippen LogP contribution >= 0.6 is 0 Å². The van der Waals surface area contributed by atoms with E-state index in [0.29, 0.717) is 30.5 Å². The monoisotopic (exact) mass is 563 g/mol. The molecule has 212 valence electrons. The second-order valence-corrected chi connectivity index (χ2v) is 11.9. The highest BCUT2D eigenvalue weighted by Gasteiger charge is 2.43. The number of nitrogens with one attached hydrogen (secondary N) is 1. The Morgan fingerprint density at radius 3 is 2.45 bits per heavy atom. The second-order valence-electron chi connectivity index (χ2n) is 10.2. The summed E-state index contributed by atoms with van der Waals surface area (Å²) >= 11 is 0.